The van der Waals surface area contributed by atoms with E-state index >= 15 is 0 Å². The Morgan fingerprint density at radius 1 is 1.30 bits per heavy atom. The van der Waals surface area contributed by atoms with Crippen LogP contribution in [0.2, 0.25) is 0 Å². The van der Waals surface area contributed by atoms with Crippen LogP contribution in [0.25, 0.3) is 0 Å². The minimum atomic E-state index is -0.245. The Balaban J connectivity index is 2.41. The van der Waals surface area contributed by atoms with Crippen LogP contribution in [0.4, 0.5) is 5.69 Å². The van der Waals surface area contributed by atoms with Crippen molar-refractivity contribution >= 4 is 17.5 Å². The van der Waals surface area contributed by atoms with Crippen LogP contribution in [0.5, 0.6) is 11.5 Å². The fourth-order valence-corrected chi connectivity index (χ4v) is 2.68. The highest BCUT2D eigenvalue weighted by molar-refractivity contribution is 5.99. The van der Waals surface area contributed by atoms with Crippen molar-refractivity contribution in [2.24, 2.45) is 0 Å². The number of hydrogen-bond donors (Lipinski definition) is 2. The highest BCUT2D eigenvalue weighted by atomic mass is 16.5. The third-order valence-electron chi connectivity index (χ3n) is 3.80. The Morgan fingerprint density at radius 3 is 2.61 bits per heavy atom. The van der Waals surface area contributed by atoms with Crippen molar-refractivity contribution in [2.75, 3.05) is 39.2 Å². The number of amides is 2. The van der Waals surface area contributed by atoms with E-state index in [0.29, 0.717) is 29.3 Å². The predicted octanol–water partition coefficient (Wildman–Crippen LogP) is 1.10. The second-order valence-corrected chi connectivity index (χ2v) is 5.49. The summed E-state index contributed by atoms with van der Waals surface area (Å²) in [6.07, 6.45) is 0. The molecule has 23 heavy (non-hydrogen) atoms. The molecule has 0 saturated carbocycles. The maximum atomic E-state index is 12.8. The summed E-state index contributed by atoms with van der Waals surface area (Å²) in [4.78, 5) is 26.0. The van der Waals surface area contributed by atoms with Crippen LogP contribution in [-0.2, 0) is 4.79 Å². The van der Waals surface area contributed by atoms with E-state index in [1.165, 1.54) is 21.1 Å². The average molecular weight is 321 g/mol. The molecular weight excluding hydrogens is 298 g/mol. The van der Waals surface area contributed by atoms with Gasteiger partial charge < -0.3 is 25.0 Å². The van der Waals surface area contributed by atoms with E-state index in [-0.39, 0.29) is 17.9 Å². The van der Waals surface area contributed by atoms with Gasteiger partial charge in [0.25, 0.3) is 5.91 Å². The van der Waals surface area contributed by atoms with Crippen LogP contribution in [0.1, 0.15) is 24.2 Å². The standard InChI is InChI=1S/C16H23N3O4/c1-10-9-17-5-6-19(10)16(21)12-7-13(18-11(2)20)15(23-4)14(8-12)22-3/h7-8,10,17H,5-6,9H2,1-4H3,(H,18,20)/t10-/m0/s1. The molecule has 1 heterocycles. The van der Waals surface area contributed by atoms with Crippen molar-refractivity contribution in [3.8, 4) is 11.5 Å². The first kappa shape index (κ1) is 17.1. The first-order valence-electron chi connectivity index (χ1n) is 7.53. The lowest BCUT2D eigenvalue weighted by Gasteiger charge is -2.34. The van der Waals surface area contributed by atoms with Gasteiger partial charge >= 0.3 is 0 Å². The molecule has 1 aliphatic heterocycles. The Hall–Kier alpha value is -2.28. The van der Waals surface area contributed by atoms with Crippen molar-refractivity contribution in [3.05, 3.63) is 17.7 Å². The van der Waals surface area contributed by atoms with Crippen molar-refractivity contribution in [1.29, 1.82) is 0 Å². The molecule has 1 aromatic rings. The van der Waals surface area contributed by atoms with Crippen LogP contribution in [0.15, 0.2) is 12.1 Å². The van der Waals surface area contributed by atoms with Crippen molar-refractivity contribution in [2.45, 2.75) is 19.9 Å². The molecule has 1 fully saturated rings. The monoisotopic (exact) mass is 321 g/mol. The molecule has 0 unspecified atom stereocenters. The van der Waals surface area contributed by atoms with Gasteiger partial charge in [0.2, 0.25) is 5.91 Å². The van der Waals surface area contributed by atoms with Gasteiger partial charge in [-0.3, -0.25) is 9.59 Å². The molecule has 126 valence electrons. The van der Waals surface area contributed by atoms with Crippen LogP contribution >= 0.6 is 0 Å². The number of hydrogen-bond acceptors (Lipinski definition) is 5. The van der Waals surface area contributed by atoms with Crippen LogP contribution < -0.4 is 20.1 Å². The predicted molar refractivity (Wildman–Crippen MR) is 87.2 cm³/mol. The zero-order chi connectivity index (χ0) is 17.0. The lowest BCUT2D eigenvalue weighted by atomic mass is 10.1. The van der Waals surface area contributed by atoms with Gasteiger partial charge in [-0.15, -0.1) is 0 Å². The zero-order valence-corrected chi connectivity index (χ0v) is 13.9. The molecular formula is C16H23N3O4. The number of ether oxygens (including phenoxy) is 2. The zero-order valence-electron chi connectivity index (χ0n) is 13.9. The normalized spacial score (nSPS) is 17.6. The van der Waals surface area contributed by atoms with E-state index in [1.54, 1.807) is 12.1 Å². The third-order valence-corrected chi connectivity index (χ3v) is 3.80. The molecule has 0 bridgehead atoms. The number of nitrogens with one attached hydrogen (secondary N) is 2. The lowest BCUT2D eigenvalue weighted by Crippen LogP contribution is -2.52. The fourth-order valence-electron chi connectivity index (χ4n) is 2.68. The molecule has 0 aliphatic carbocycles. The van der Waals surface area contributed by atoms with Gasteiger partial charge in [0.15, 0.2) is 11.5 Å². The number of piperazine rings is 1. The van der Waals surface area contributed by atoms with Gasteiger partial charge in [-0.1, -0.05) is 0 Å². The molecule has 0 aromatic heterocycles. The van der Waals surface area contributed by atoms with Crippen molar-refractivity contribution < 1.29 is 19.1 Å². The summed E-state index contributed by atoms with van der Waals surface area (Å²) < 4.78 is 10.6. The third kappa shape index (κ3) is 3.73. The van der Waals surface area contributed by atoms with Crippen molar-refractivity contribution in [1.82, 2.24) is 10.2 Å². The maximum Gasteiger partial charge on any atom is 0.254 e. The molecule has 1 aliphatic rings. The molecule has 7 heteroatoms. The first-order chi connectivity index (χ1) is 11.0. The Morgan fingerprint density at radius 2 is 2.04 bits per heavy atom. The van der Waals surface area contributed by atoms with Gasteiger partial charge in [-0.2, -0.15) is 0 Å². The highest BCUT2D eigenvalue weighted by Crippen LogP contribution is 2.37. The second-order valence-electron chi connectivity index (χ2n) is 5.49. The SMILES string of the molecule is COc1cc(C(=O)N2CCNC[C@@H]2C)cc(NC(C)=O)c1OC. The summed E-state index contributed by atoms with van der Waals surface area (Å²) in [6.45, 7) is 5.57. The van der Waals surface area contributed by atoms with E-state index in [9.17, 15) is 9.59 Å². The summed E-state index contributed by atoms with van der Waals surface area (Å²) in [5.41, 5.74) is 0.880. The minimum absolute atomic E-state index is 0.0912. The Kier molecular flexibility index (Phi) is 5.44. The average Bonchev–Trinajstić information content (AvgIpc) is 2.53. The van der Waals surface area contributed by atoms with E-state index in [1.807, 2.05) is 11.8 Å². The molecule has 0 spiro atoms. The number of benzene rings is 1. The summed E-state index contributed by atoms with van der Waals surface area (Å²) in [7, 11) is 2.99. The molecule has 1 aromatic carbocycles. The number of anilines is 1. The number of carbonyl (C=O) groups excluding carboxylic acids is 2. The minimum Gasteiger partial charge on any atom is -0.493 e. The maximum absolute atomic E-state index is 12.8. The number of methoxy groups -OCH3 is 2. The topological polar surface area (TPSA) is 79.9 Å². The highest BCUT2D eigenvalue weighted by Gasteiger charge is 2.26. The second kappa shape index (κ2) is 7.32. The van der Waals surface area contributed by atoms with E-state index < -0.39 is 0 Å². The van der Waals surface area contributed by atoms with Crippen LogP contribution in [-0.4, -0.2) is 56.6 Å². The molecule has 1 atom stereocenters. The van der Waals surface area contributed by atoms with Crippen LogP contribution in [0.3, 0.4) is 0 Å². The number of rotatable bonds is 4. The van der Waals surface area contributed by atoms with Gasteiger partial charge in [-0.05, 0) is 19.1 Å². The van der Waals surface area contributed by atoms with Gasteiger partial charge in [-0.25, -0.2) is 0 Å². The lowest BCUT2D eigenvalue weighted by molar-refractivity contribution is -0.114. The smallest absolute Gasteiger partial charge is 0.254 e. The summed E-state index contributed by atoms with van der Waals surface area (Å²) in [5, 5.41) is 5.93. The van der Waals surface area contributed by atoms with Gasteiger partial charge in [0, 0.05) is 38.2 Å². The molecule has 2 N–H and O–H groups in total. The van der Waals surface area contributed by atoms with Crippen LogP contribution in [0, 0.1) is 0 Å². The number of carbonyl (C=O) groups is 2. The Labute approximate surface area is 135 Å². The van der Waals surface area contributed by atoms with E-state index in [4.69, 9.17) is 9.47 Å². The summed E-state index contributed by atoms with van der Waals surface area (Å²) >= 11 is 0. The van der Waals surface area contributed by atoms with Gasteiger partial charge in [0.05, 0.1) is 19.9 Å². The molecule has 2 amide bonds. The molecule has 2 rings (SSSR count). The molecule has 0 radical (unpaired) electrons. The molecule has 1 saturated heterocycles. The number of nitrogens with zero attached hydrogens (tertiary/aromatic N) is 1. The molecule has 7 nitrogen and oxygen atoms in total. The van der Waals surface area contributed by atoms with E-state index in [0.717, 1.165) is 13.1 Å². The Bertz CT molecular complexity index is 603. The largest absolute Gasteiger partial charge is 0.493 e. The van der Waals surface area contributed by atoms with E-state index in [2.05, 4.69) is 10.6 Å². The first-order valence-corrected chi connectivity index (χ1v) is 7.53. The summed E-state index contributed by atoms with van der Waals surface area (Å²) in [6, 6.07) is 3.37. The van der Waals surface area contributed by atoms with Crippen molar-refractivity contribution in [3.63, 3.8) is 0 Å². The fraction of sp³-hybridized carbons (Fsp3) is 0.500. The summed E-state index contributed by atoms with van der Waals surface area (Å²) in [5.74, 6) is 0.467. The quantitative estimate of drug-likeness (QED) is 0.868. The van der Waals surface area contributed by atoms with Gasteiger partial charge in [0.1, 0.15) is 0 Å².